The Kier molecular flexibility index (Phi) is 4.39. The summed E-state index contributed by atoms with van der Waals surface area (Å²) in [5.41, 5.74) is 0. The normalized spacial score (nSPS) is 20.5. The van der Waals surface area contributed by atoms with Gasteiger partial charge >= 0.3 is 0 Å². The van der Waals surface area contributed by atoms with Gasteiger partial charge in [-0.1, -0.05) is 6.92 Å². The van der Waals surface area contributed by atoms with Crippen molar-refractivity contribution >= 4 is 5.91 Å². The van der Waals surface area contributed by atoms with Crippen molar-refractivity contribution in [2.45, 2.75) is 26.2 Å². The van der Waals surface area contributed by atoms with Crippen molar-refractivity contribution in [2.24, 2.45) is 11.8 Å². The Labute approximate surface area is 86.9 Å². The summed E-state index contributed by atoms with van der Waals surface area (Å²) in [7, 11) is 3.66. The molecular weight excluding hydrogens is 176 g/mol. The predicted molar refractivity (Wildman–Crippen MR) is 58.1 cm³/mol. The Morgan fingerprint density at radius 3 is 2.50 bits per heavy atom. The van der Waals surface area contributed by atoms with E-state index in [0.29, 0.717) is 12.3 Å². The lowest BCUT2D eigenvalue weighted by Crippen LogP contribution is -2.33. The topological polar surface area (TPSA) is 32.3 Å². The summed E-state index contributed by atoms with van der Waals surface area (Å²) < 4.78 is 0. The van der Waals surface area contributed by atoms with Crippen LogP contribution in [0.3, 0.4) is 0 Å². The van der Waals surface area contributed by atoms with Gasteiger partial charge in [0.2, 0.25) is 5.91 Å². The minimum atomic E-state index is 0.260. The molecule has 1 rings (SSSR count). The molecule has 0 bridgehead atoms. The molecule has 82 valence electrons. The van der Waals surface area contributed by atoms with Crippen LogP contribution in [-0.4, -0.2) is 38.0 Å². The lowest BCUT2D eigenvalue weighted by Gasteiger charge is -2.28. The Hall–Kier alpha value is -0.570. The number of nitrogens with one attached hydrogen (secondary N) is 1. The lowest BCUT2D eigenvalue weighted by molar-refractivity contribution is -0.130. The molecule has 1 heterocycles. The Morgan fingerprint density at radius 1 is 1.43 bits per heavy atom. The number of hydrogen-bond acceptors (Lipinski definition) is 2. The summed E-state index contributed by atoms with van der Waals surface area (Å²) in [6.07, 6.45) is 3.15. The smallest absolute Gasteiger partial charge is 0.222 e. The number of rotatable bonds is 3. The van der Waals surface area contributed by atoms with Crippen LogP contribution >= 0.6 is 0 Å². The summed E-state index contributed by atoms with van der Waals surface area (Å²) in [5, 5.41) is 3.35. The first kappa shape index (κ1) is 11.5. The van der Waals surface area contributed by atoms with Crippen molar-refractivity contribution in [3.8, 4) is 0 Å². The first-order valence-electron chi connectivity index (χ1n) is 5.52. The molecule has 1 aliphatic rings. The Morgan fingerprint density at radius 2 is 2.00 bits per heavy atom. The average molecular weight is 198 g/mol. The molecule has 0 saturated carbocycles. The molecule has 1 atom stereocenters. The quantitative estimate of drug-likeness (QED) is 0.736. The standard InChI is InChI=1S/C11H22N2O/c1-9(8-11(14)13(2)3)10-4-6-12-7-5-10/h9-10,12H,4-8H2,1-3H3/t9-/m1/s1. The average Bonchev–Trinajstić information content (AvgIpc) is 2.19. The third kappa shape index (κ3) is 3.29. The van der Waals surface area contributed by atoms with Crippen molar-refractivity contribution in [1.29, 1.82) is 0 Å². The van der Waals surface area contributed by atoms with Gasteiger partial charge in [-0.05, 0) is 37.8 Å². The van der Waals surface area contributed by atoms with Crippen LogP contribution in [0.1, 0.15) is 26.2 Å². The van der Waals surface area contributed by atoms with Crippen LogP contribution < -0.4 is 5.32 Å². The van der Waals surface area contributed by atoms with E-state index in [0.717, 1.165) is 19.0 Å². The van der Waals surface area contributed by atoms with Gasteiger partial charge in [0.1, 0.15) is 0 Å². The maximum Gasteiger partial charge on any atom is 0.222 e. The monoisotopic (exact) mass is 198 g/mol. The number of amides is 1. The number of piperidine rings is 1. The largest absolute Gasteiger partial charge is 0.349 e. The van der Waals surface area contributed by atoms with Gasteiger partial charge in [-0.3, -0.25) is 4.79 Å². The maximum absolute atomic E-state index is 11.5. The van der Waals surface area contributed by atoms with Crippen LogP contribution in [0.2, 0.25) is 0 Å². The van der Waals surface area contributed by atoms with E-state index in [9.17, 15) is 4.79 Å². The molecule has 0 aromatic heterocycles. The first-order chi connectivity index (χ1) is 6.61. The maximum atomic E-state index is 11.5. The van der Waals surface area contributed by atoms with Crippen LogP contribution in [0.5, 0.6) is 0 Å². The Bertz CT molecular complexity index is 186. The second-order valence-electron chi connectivity index (χ2n) is 4.56. The molecule has 1 N–H and O–H groups in total. The molecule has 0 aromatic carbocycles. The highest BCUT2D eigenvalue weighted by Gasteiger charge is 2.22. The van der Waals surface area contributed by atoms with E-state index in [-0.39, 0.29) is 5.91 Å². The molecule has 0 aromatic rings. The molecule has 14 heavy (non-hydrogen) atoms. The first-order valence-corrected chi connectivity index (χ1v) is 5.52. The second-order valence-corrected chi connectivity index (χ2v) is 4.56. The highest BCUT2D eigenvalue weighted by molar-refractivity contribution is 5.75. The van der Waals surface area contributed by atoms with Crippen LogP contribution in [0.25, 0.3) is 0 Å². The van der Waals surface area contributed by atoms with Crippen molar-refractivity contribution in [2.75, 3.05) is 27.2 Å². The molecule has 1 fully saturated rings. The second kappa shape index (κ2) is 5.35. The number of carbonyl (C=O) groups excluding carboxylic acids is 1. The fourth-order valence-corrected chi connectivity index (χ4v) is 2.04. The molecule has 0 aliphatic carbocycles. The van der Waals surface area contributed by atoms with Gasteiger partial charge in [0, 0.05) is 20.5 Å². The zero-order valence-corrected chi connectivity index (χ0v) is 9.55. The number of nitrogens with zero attached hydrogens (tertiary/aromatic N) is 1. The summed E-state index contributed by atoms with van der Waals surface area (Å²) >= 11 is 0. The number of hydrogen-bond donors (Lipinski definition) is 1. The molecule has 0 radical (unpaired) electrons. The van der Waals surface area contributed by atoms with Crippen LogP contribution in [0, 0.1) is 11.8 Å². The van der Waals surface area contributed by atoms with Gasteiger partial charge in [-0.15, -0.1) is 0 Å². The molecule has 3 heteroatoms. The zero-order chi connectivity index (χ0) is 10.6. The van der Waals surface area contributed by atoms with Crippen molar-refractivity contribution in [3.05, 3.63) is 0 Å². The highest BCUT2D eigenvalue weighted by Crippen LogP contribution is 2.24. The summed E-state index contributed by atoms with van der Waals surface area (Å²) in [4.78, 5) is 13.2. The molecule has 1 saturated heterocycles. The van der Waals surface area contributed by atoms with Crippen LogP contribution in [0.4, 0.5) is 0 Å². The molecule has 0 spiro atoms. The fraction of sp³-hybridized carbons (Fsp3) is 0.909. The van der Waals surface area contributed by atoms with E-state index in [2.05, 4.69) is 12.2 Å². The van der Waals surface area contributed by atoms with E-state index in [4.69, 9.17) is 0 Å². The molecule has 3 nitrogen and oxygen atoms in total. The van der Waals surface area contributed by atoms with Gasteiger partial charge in [-0.25, -0.2) is 0 Å². The van der Waals surface area contributed by atoms with Gasteiger partial charge in [0.15, 0.2) is 0 Å². The van der Waals surface area contributed by atoms with E-state index >= 15 is 0 Å². The van der Waals surface area contributed by atoms with Crippen LogP contribution in [0.15, 0.2) is 0 Å². The van der Waals surface area contributed by atoms with Crippen molar-refractivity contribution in [3.63, 3.8) is 0 Å². The lowest BCUT2D eigenvalue weighted by atomic mass is 9.84. The van der Waals surface area contributed by atoms with Gasteiger partial charge in [0.25, 0.3) is 0 Å². The van der Waals surface area contributed by atoms with Crippen molar-refractivity contribution < 1.29 is 4.79 Å². The third-order valence-corrected chi connectivity index (χ3v) is 3.18. The summed E-state index contributed by atoms with van der Waals surface area (Å²) in [6, 6.07) is 0. The minimum Gasteiger partial charge on any atom is -0.349 e. The van der Waals surface area contributed by atoms with E-state index in [1.54, 1.807) is 4.90 Å². The molecule has 0 unspecified atom stereocenters. The molecule has 1 amide bonds. The van der Waals surface area contributed by atoms with Gasteiger partial charge in [-0.2, -0.15) is 0 Å². The van der Waals surface area contributed by atoms with E-state index < -0.39 is 0 Å². The highest BCUT2D eigenvalue weighted by atomic mass is 16.2. The van der Waals surface area contributed by atoms with Crippen LogP contribution in [-0.2, 0) is 4.79 Å². The predicted octanol–water partition coefficient (Wildman–Crippen LogP) is 1.10. The van der Waals surface area contributed by atoms with E-state index in [1.807, 2.05) is 14.1 Å². The minimum absolute atomic E-state index is 0.260. The number of carbonyl (C=O) groups is 1. The van der Waals surface area contributed by atoms with Gasteiger partial charge < -0.3 is 10.2 Å². The zero-order valence-electron chi connectivity index (χ0n) is 9.55. The van der Waals surface area contributed by atoms with E-state index in [1.165, 1.54) is 12.8 Å². The van der Waals surface area contributed by atoms with Gasteiger partial charge in [0.05, 0.1) is 0 Å². The fourth-order valence-electron chi connectivity index (χ4n) is 2.04. The third-order valence-electron chi connectivity index (χ3n) is 3.18. The molecule has 1 aliphatic heterocycles. The Balaban J connectivity index is 2.32. The van der Waals surface area contributed by atoms with Crippen molar-refractivity contribution in [1.82, 2.24) is 10.2 Å². The molecular formula is C11H22N2O. The SMILES string of the molecule is C[C@H](CC(=O)N(C)C)C1CCNCC1. The summed E-state index contributed by atoms with van der Waals surface area (Å²) in [6.45, 7) is 4.44. The summed E-state index contributed by atoms with van der Waals surface area (Å²) in [5.74, 6) is 1.53.